The Morgan fingerprint density at radius 1 is 1.50 bits per heavy atom. The van der Waals surface area contributed by atoms with E-state index in [4.69, 9.17) is 19.5 Å². The van der Waals surface area contributed by atoms with Crippen molar-refractivity contribution in [1.82, 2.24) is 4.98 Å². The summed E-state index contributed by atoms with van der Waals surface area (Å²) in [5.74, 6) is -0.921. The number of rotatable bonds is 1. The van der Waals surface area contributed by atoms with Crippen molar-refractivity contribution in [2.75, 3.05) is 0 Å². The van der Waals surface area contributed by atoms with Crippen molar-refractivity contribution in [3.05, 3.63) is 24.0 Å². The molecule has 0 saturated carbocycles. The number of aromatic amines is 1. The van der Waals surface area contributed by atoms with Gasteiger partial charge in [0.25, 0.3) is 0 Å². The highest BCUT2D eigenvalue weighted by molar-refractivity contribution is 7.30. The lowest BCUT2D eigenvalue weighted by Crippen LogP contribution is -1.94. The lowest BCUT2D eigenvalue weighted by Gasteiger charge is -1.80. The van der Waals surface area contributed by atoms with E-state index in [0.29, 0.717) is 0 Å². The molecule has 1 rings (SSSR count). The van der Waals surface area contributed by atoms with Crippen LogP contribution in [0.1, 0.15) is 10.5 Å². The Kier molecular flexibility index (Phi) is 4.87. The number of carbonyl (C=O) groups is 1. The molecule has 0 aromatic carbocycles. The summed E-state index contributed by atoms with van der Waals surface area (Å²) in [6, 6.07) is 3.14. The SMILES string of the molecule is O=C(O)c1ccc[nH]1.O=[P+](O)O. The van der Waals surface area contributed by atoms with Gasteiger partial charge in [0.15, 0.2) is 0 Å². The van der Waals surface area contributed by atoms with Gasteiger partial charge < -0.3 is 10.1 Å². The maximum absolute atomic E-state index is 10.0. The zero-order chi connectivity index (χ0) is 9.56. The van der Waals surface area contributed by atoms with Crippen molar-refractivity contribution in [3.8, 4) is 0 Å². The van der Waals surface area contributed by atoms with Gasteiger partial charge in [0.05, 0.1) is 0 Å². The molecule has 1 heterocycles. The van der Waals surface area contributed by atoms with Crippen LogP contribution < -0.4 is 0 Å². The number of carboxylic acids is 1. The number of hydrogen-bond donors (Lipinski definition) is 4. The van der Waals surface area contributed by atoms with Crippen LogP contribution in [0.15, 0.2) is 18.3 Å². The second kappa shape index (κ2) is 5.42. The monoisotopic (exact) mass is 192 g/mol. The Hall–Kier alpha value is -1.23. The summed E-state index contributed by atoms with van der Waals surface area (Å²) in [7, 11) is -2.87. The molecule has 6 nitrogen and oxygen atoms in total. The number of nitrogens with one attached hydrogen (secondary N) is 1. The second-order valence-corrected chi connectivity index (χ2v) is 2.15. The van der Waals surface area contributed by atoms with Crippen molar-refractivity contribution in [3.63, 3.8) is 0 Å². The predicted molar refractivity (Wildman–Crippen MR) is 39.8 cm³/mol. The smallest absolute Gasteiger partial charge is 0.477 e. The molecule has 1 aromatic rings. The molecule has 0 aliphatic heterocycles. The van der Waals surface area contributed by atoms with Gasteiger partial charge >= 0.3 is 14.2 Å². The summed E-state index contributed by atoms with van der Waals surface area (Å²) in [6.07, 6.45) is 1.57. The lowest BCUT2D eigenvalue weighted by atomic mass is 10.4. The van der Waals surface area contributed by atoms with Crippen molar-refractivity contribution in [1.29, 1.82) is 0 Å². The molecule has 0 radical (unpaired) electrons. The predicted octanol–water partition coefficient (Wildman–Crippen LogP) is 0.341. The fourth-order valence-corrected chi connectivity index (χ4v) is 0.463. The van der Waals surface area contributed by atoms with Crippen molar-refractivity contribution < 1.29 is 24.3 Å². The van der Waals surface area contributed by atoms with E-state index in [0.717, 1.165) is 0 Å². The third-order valence-electron chi connectivity index (χ3n) is 0.828. The molecule has 12 heavy (non-hydrogen) atoms. The summed E-state index contributed by atoms with van der Waals surface area (Å²) in [6.45, 7) is 0. The topological polar surface area (TPSA) is 111 Å². The second-order valence-electron chi connectivity index (χ2n) is 1.64. The van der Waals surface area contributed by atoms with E-state index in [9.17, 15) is 4.79 Å². The van der Waals surface area contributed by atoms with Gasteiger partial charge in [-0.15, -0.1) is 9.79 Å². The van der Waals surface area contributed by atoms with Crippen LogP contribution in [0.2, 0.25) is 0 Å². The molecule has 0 unspecified atom stereocenters. The molecule has 1 aromatic heterocycles. The molecule has 7 heteroatoms. The van der Waals surface area contributed by atoms with Gasteiger partial charge in [0, 0.05) is 10.8 Å². The Balaban J connectivity index is 0.000000261. The number of aromatic nitrogens is 1. The van der Waals surface area contributed by atoms with E-state index in [1.54, 1.807) is 12.3 Å². The summed E-state index contributed by atoms with van der Waals surface area (Å²) in [5.41, 5.74) is 0.227. The molecule has 0 amide bonds. The van der Waals surface area contributed by atoms with Gasteiger partial charge in [-0.2, -0.15) is 0 Å². The highest BCUT2D eigenvalue weighted by Crippen LogP contribution is 1.98. The Bertz CT molecular complexity index is 253. The first-order valence-corrected chi connectivity index (χ1v) is 3.92. The van der Waals surface area contributed by atoms with Crippen LogP contribution in [0, 0.1) is 0 Å². The van der Waals surface area contributed by atoms with E-state index < -0.39 is 14.2 Å². The average molecular weight is 192 g/mol. The quantitative estimate of drug-likeness (QED) is 0.479. The van der Waals surface area contributed by atoms with E-state index in [2.05, 4.69) is 4.98 Å². The minimum absolute atomic E-state index is 0.227. The summed E-state index contributed by atoms with van der Waals surface area (Å²) >= 11 is 0. The number of hydrogen-bond acceptors (Lipinski definition) is 2. The van der Waals surface area contributed by atoms with Crippen molar-refractivity contribution in [2.45, 2.75) is 0 Å². The molecule has 0 saturated heterocycles. The molecule has 4 N–H and O–H groups in total. The molecule has 66 valence electrons. The van der Waals surface area contributed by atoms with E-state index in [1.165, 1.54) is 6.07 Å². The summed E-state index contributed by atoms with van der Waals surface area (Å²) in [5, 5.41) is 8.24. The molecule has 0 aliphatic rings. The molecule has 0 spiro atoms. The number of H-pyrrole nitrogens is 1. The standard InChI is InChI=1S/C5H5NO2.HO3P/c7-5(8)4-2-1-3-6-4;1-4(2)3/h1-3,6H,(H,7,8);(H-,1,2,3)/p+1. The molecule has 0 fully saturated rings. The van der Waals surface area contributed by atoms with Crippen LogP contribution in [0.25, 0.3) is 0 Å². The fraction of sp³-hybridized carbons (Fsp3) is 0. The number of carboxylic acid groups (broad SMARTS) is 1. The van der Waals surface area contributed by atoms with Crippen LogP contribution in [-0.2, 0) is 4.57 Å². The molecule has 0 bridgehead atoms. The minimum Gasteiger partial charge on any atom is -0.477 e. The van der Waals surface area contributed by atoms with Gasteiger partial charge in [0.2, 0.25) is 0 Å². The first-order chi connectivity index (χ1) is 5.54. The van der Waals surface area contributed by atoms with Crippen LogP contribution >= 0.6 is 8.25 Å². The average Bonchev–Trinajstić information content (AvgIpc) is 2.34. The minimum atomic E-state index is -2.87. The lowest BCUT2D eigenvalue weighted by molar-refractivity contribution is 0.0691. The molecule has 0 aliphatic carbocycles. The van der Waals surface area contributed by atoms with Gasteiger partial charge in [-0.05, 0) is 12.1 Å². The van der Waals surface area contributed by atoms with E-state index >= 15 is 0 Å². The van der Waals surface area contributed by atoms with Crippen LogP contribution in [0.4, 0.5) is 0 Å². The first kappa shape index (κ1) is 10.8. The van der Waals surface area contributed by atoms with Crippen LogP contribution in [0.5, 0.6) is 0 Å². The molecular weight excluding hydrogens is 185 g/mol. The zero-order valence-corrected chi connectivity index (χ0v) is 6.73. The first-order valence-electron chi connectivity index (χ1n) is 2.75. The summed E-state index contributed by atoms with van der Waals surface area (Å²) < 4.78 is 8.70. The Morgan fingerprint density at radius 3 is 2.17 bits per heavy atom. The van der Waals surface area contributed by atoms with Gasteiger partial charge in [0.1, 0.15) is 5.69 Å². The fourth-order valence-electron chi connectivity index (χ4n) is 0.463. The largest absolute Gasteiger partial charge is 0.692 e. The third-order valence-corrected chi connectivity index (χ3v) is 0.828. The maximum Gasteiger partial charge on any atom is 0.692 e. The van der Waals surface area contributed by atoms with E-state index in [1.807, 2.05) is 0 Å². The highest BCUT2D eigenvalue weighted by atomic mass is 31.1. The Labute approximate surface area is 68.4 Å². The van der Waals surface area contributed by atoms with Gasteiger partial charge in [-0.25, -0.2) is 4.79 Å². The van der Waals surface area contributed by atoms with Crippen molar-refractivity contribution in [2.24, 2.45) is 0 Å². The molecular formula is C5H7NO5P+. The van der Waals surface area contributed by atoms with Gasteiger partial charge in [-0.3, -0.25) is 0 Å². The van der Waals surface area contributed by atoms with Crippen molar-refractivity contribution >= 4 is 14.2 Å². The number of aromatic carboxylic acids is 1. The summed E-state index contributed by atoms with van der Waals surface area (Å²) in [4.78, 5) is 26.8. The van der Waals surface area contributed by atoms with Crippen LogP contribution in [-0.4, -0.2) is 25.8 Å². The zero-order valence-electron chi connectivity index (χ0n) is 5.84. The van der Waals surface area contributed by atoms with E-state index in [-0.39, 0.29) is 5.69 Å². The van der Waals surface area contributed by atoms with Gasteiger partial charge in [-0.1, -0.05) is 0 Å². The molecule has 0 atom stereocenters. The Morgan fingerprint density at radius 2 is 2.00 bits per heavy atom. The van der Waals surface area contributed by atoms with Crippen LogP contribution in [0.3, 0.4) is 0 Å². The normalized spacial score (nSPS) is 8.17. The highest BCUT2D eigenvalue weighted by Gasteiger charge is 1.98. The maximum atomic E-state index is 10.0. The third kappa shape index (κ3) is 5.55.